The lowest BCUT2D eigenvalue weighted by molar-refractivity contribution is 0.0935. The summed E-state index contributed by atoms with van der Waals surface area (Å²) in [5.41, 5.74) is 2.43. The molecule has 0 fully saturated rings. The van der Waals surface area contributed by atoms with E-state index >= 15 is 0 Å². The van der Waals surface area contributed by atoms with E-state index in [1.165, 1.54) is 18.4 Å². The van der Waals surface area contributed by atoms with Gasteiger partial charge in [0.25, 0.3) is 5.91 Å². The largest absolute Gasteiger partial charge is 0.464 e. The third kappa shape index (κ3) is 3.71. The number of hydrogen-bond acceptors (Lipinski definition) is 4. The number of benzene rings is 2. The molecular weight excluding hydrogens is 357 g/mol. The zero-order valence-electron chi connectivity index (χ0n) is 15.1. The SMILES string of the molecule is CC(NC(=O)c1cc2occc2c(Nc2ccc(F)cc2)n1)c1ccccc1. The summed E-state index contributed by atoms with van der Waals surface area (Å²) >= 11 is 0. The van der Waals surface area contributed by atoms with Crippen LogP contribution < -0.4 is 10.6 Å². The van der Waals surface area contributed by atoms with Crippen LogP contribution in [-0.4, -0.2) is 10.9 Å². The second kappa shape index (κ2) is 7.52. The van der Waals surface area contributed by atoms with Crippen LogP contribution >= 0.6 is 0 Å². The van der Waals surface area contributed by atoms with Gasteiger partial charge in [-0.1, -0.05) is 30.3 Å². The van der Waals surface area contributed by atoms with Crippen molar-refractivity contribution in [2.45, 2.75) is 13.0 Å². The lowest BCUT2D eigenvalue weighted by Crippen LogP contribution is -2.27. The van der Waals surface area contributed by atoms with Crippen LogP contribution in [0.4, 0.5) is 15.9 Å². The lowest BCUT2D eigenvalue weighted by Gasteiger charge is -2.15. The average molecular weight is 375 g/mol. The maximum absolute atomic E-state index is 13.1. The number of fused-ring (bicyclic) bond motifs is 1. The fourth-order valence-corrected chi connectivity index (χ4v) is 2.94. The number of carbonyl (C=O) groups excluding carboxylic acids is 1. The Kier molecular flexibility index (Phi) is 4.76. The Balaban J connectivity index is 1.62. The molecule has 5 nitrogen and oxygen atoms in total. The minimum Gasteiger partial charge on any atom is -0.464 e. The minimum atomic E-state index is -0.324. The van der Waals surface area contributed by atoms with Crippen LogP contribution in [0.2, 0.25) is 0 Å². The molecule has 0 aliphatic carbocycles. The smallest absolute Gasteiger partial charge is 0.270 e. The fraction of sp³-hybridized carbons (Fsp3) is 0.0909. The molecule has 2 aromatic heterocycles. The number of halogens is 1. The van der Waals surface area contributed by atoms with E-state index in [9.17, 15) is 9.18 Å². The van der Waals surface area contributed by atoms with Gasteiger partial charge in [-0.2, -0.15) is 0 Å². The molecule has 1 atom stereocenters. The summed E-state index contributed by atoms with van der Waals surface area (Å²) in [6.45, 7) is 1.91. The molecular formula is C22H18FN3O2. The Morgan fingerprint density at radius 1 is 1.07 bits per heavy atom. The van der Waals surface area contributed by atoms with Crippen LogP contribution in [0.5, 0.6) is 0 Å². The summed E-state index contributed by atoms with van der Waals surface area (Å²) < 4.78 is 18.6. The third-order valence-electron chi connectivity index (χ3n) is 4.44. The first-order valence-corrected chi connectivity index (χ1v) is 8.87. The number of aromatic nitrogens is 1. The van der Waals surface area contributed by atoms with Gasteiger partial charge < -0.3 is 15.1 Å². The summed E-state index contributed by atoms with van der Waals surface area (Å²) in [6, 6.07) is 18.8. The molecule has 2 heterocycles. The Morgan fingerprint density at radius 3 is 2.57 bits per heavy atom. The molecule has 28 heavy (non-hydrogen) atoms. The van der Waals surface area contributed by atoms with Gasteiger partial charge in [-0.3, -0.25) is 4.79 Å². The van der Waals surface area contributed by atoms with Gasteiger partial charge in [-0.25, -0.2) is 9.37 Å². The van der Waals surface area contributed by atoms with Crippen molar-refractivity contribution in [2.24, 2.45) is 0 Å². The van der Waals surface area contributed by atoms with Crippen LogP contribution in [0.15, 0.2) is 77.4 Å². The molecule has 2 aromatic carbocycles. The molecule has 0 spiro atoms. The van der Waals surface area contributed by atoms with Crippen molar-refractivity contribution in [1.29, 1.82) is 0 Å². The van der Waals surface area contributed by atoms with Gasteiger partial charge in [0.05, 0.1) is 17.7 Å². The molecule has 0 aliphatic rings. The standard InChI is InChI=1S/C22H18FN3O2/c1-14(15-5-3-2-4-6-15)24-22(27)19-13-20-18(11-12-28-20)21(26-19)25-17-9-7-16(23)8-10-17/h2-14H,1H3,(H,24,27)(H,25,26). The maximum Gasteiger partial charge on any atom is 0.270 e. The molecule has 0 saturated carbocycles. The highest BCUT2D eigenvalue weighted by Gasteiger charge is 2.17. The van der Waals surface area contributed by atoms with Gasteiger partial charge in [0.15, 0.2) is 0 Å². The number of anilines is 2. The zero-order valence-corrected chi connectivity index (χ0v) is 15.1. The van der Waals surface area contributed by atoms with Crippen molar-refractivity contribution >= 4 is 28.4 Å². The monoisotopic (exact) mass is 375 g/mol. The van der Waals surface area contributed by atoms with E-state index in [1.807, 2.05) is 37.3 Å². The van der Waals surface area contributed by atoms with Gasteiger partial charge in [0.2, 0.25) is 0 Å². The topological polar surface area (TPSA) is 67.2 Å². The number of amides is 1. The molecule has 1 amide bonds. The third-order valence-corrected chi connectivity index (χ3v) is 4.44. The van der Waals surface area contributed by atoms with Crippen LogP contribution in [0.25, 0.3) is 11.0 Å². The molecule has 0 aliphatic heterocycles. The predicted octanol–water partition coefficient (Wildman–Crippen LogP) is 5.20. The Labute approximate surface area is 161 Å². The Bertz CT molecular complexity index is 1110. The molecule has 0 saturated heterocycles. The highest BCUT2D eigenvalue weighted by Crippen LogP contribution is 2.27. The van der Waals surface area contributed by atoms with Gasteiger partial charge in [0, 0.05) is 11.8 Å². The average Bonchev–Trinajstić information content (AvgIpc) is 3.19. The van der Waals surface area contributed by atoms with E-state index in [0.717, 1.165) is 10.9 Å². The maximum atomic E-state index is 13.1. The quantitative estimate of drug-likeness (QED) is 0.503. The van der Waals surface area contributed by atoms with Crippen molar-refractivity contribution in [2.75, 3.05) is 5.32 Å². The van der Waals surface area contributed by atoms with Gasteiger partial charge >= 0.3 is 0 Å². The lowest BCUT2D eigenvalue weighted by atomic mass is 10.1. The van der Waals surface area contributed by atoms with E-state index in [4.69, 9.17) is 4.42 Å². The Morgan fingerprint density at radius 2 is 1.82 bits per heavy atom. The number of carbonyl (C=O) groups is 1. The van der Waals surface area contributed by atoms with Crippen LogP contribution in [-0.2, 0) is 0 Å². The van der Waals surface area contributed by atoms with Crippen molar-refractivity contribution < 1.29 is 13.6 Å². The van der Waals surface area contributed by atoms with E-state index in [0.29, 0.717) is 17.1 Å². The molecule has 1 unspecified atom stereocenters. The summed E-state index contributed by atoms with van der Waals surface area (Å²) in [7, 11) is 0. The number of nitrogens with zero attached hydrogens (tertiary/aromatic N) is 1. The molecule has 6 heteroatoms. The molecule has 0 bridgehead atoms. The van der Waals surface area contributed by atoms with Crippen LogP contribution in [0, 0.1) is 5.82 Å². The molecule has 4 rings (SSSR count). The normalized spacial score (nSPS) is 11.9. The zero-order chi connectivity index (χ0) is 19.5. The highest BCUT2D eigenvalue weighted by molar-refractivity contribution is 5.99. The summed E-state index contributed by atoms with van der Waals surface area (Å²) in [4.78, 5) is 17.2. The first kappa shape index (κ1) is 17.7. The summed E-state index contributed by atoms with van der Waals surface area (Å²) in [5.74, 6) is -0.165. The number of hydrogen-bond donors (Lipinski definition) is 2. The minimum absolute atomic E-state index is 0.170. The molecule has 2 N–H and O–H groups in total. The number of nitrogens with one attached hydrogen (secondary N) is 2. The van der Waals surface area contributed by atoms with Gasteiger partial charge in [-0.15, -0.1) is 0 Å². The van der Waals surface area contributed by atoms with Crippen molar-refractivity contribution in [1.82, 2.24) is 10.3 Å². The number of rotatable bonds is 5. The summed E-state index contributed by atoms with van der Waals surface area (Å²) in [5, 5.41) is 6.80. The second-order valence-corrected chi connectivity index (χ2v) is 6.43. The number of pyridine rings is 1. The highest BCUT2D eigenvalue weighted by atomic mass is 19.1. The molecule has 0 radical (unpaired) electrons. The van der Waals surface area contributed by atoms with Crippen LogP contribution in [0.1, 0.15) is 29.0 Å². The van der Waals surface area contributed by atoms with E-state index < -0.39 is 0 Å². The Hall–Kier alpha value is -3.67. The van der Waals surface area contributed by atoms with Gasteiger partial charge in [0.1, 0.15) is 22.9 Å². The van der Waals surface area contributed by atoms with Crippen LogP contribution in [0.3, 0.4) is 0 Å². The van der Waals surface area contributed by atoms with Gasteiger partial charge in [-0.05, 0) is 42.8 Å². The summed E-state index contributed by atoms with van der Waals surface area (Å²) in [6.07, 6.45) is 1.54. The van der Waals surface area contributed by atoms with Crippen molar-refractivity contribution in [3.05, 3.63) is 90.1 Å². The number of furan rings is 1. The predicted molar refractivity (Wildman–Crippen MR) is 106 cm³/mol. The molecule has 140 valence electrons. The van der Waals surface area contributed by atoms with E-state index in [1.54, 1.807) is 24.3 Å². The molecule has 4 aromatic rings. The first-order valence-electron chi connectivity index (χ1n) is 8.87. The van der Waals surface area contributed by atoms with E-state index in [2.05, 4.69) is 15.6 Å². The second-order valence-electron chi connectivity index (χ2n) is 6.43. The van der Waals surface area contributed by atoms with E-state index in [-0.39, 0.29) is 23.5 Å². The van der Waals surface area contributed by atoms with Crippen molar-refractivity contribution in [3.8, 4) is 0 Å². The van der Waals surface area contributed by atoms with Crippen molar-refractivity contribution in [3.63, 3.8) is 0 Å². The fourth-order valence-electron chi connectivity index (χ4n) is 2.94. The first-order chi connectivity index (χ1) is 13.6.